The first kappa shape index (κ1) is 54.6. The fourth-order valence-corrected chi connectivity index (χ4v) is 12.2. The van der Waals surface area contributed by atoms with E-state index in [1.54, 1.807) is 0 Å². The van der Waals surface area contributed by atoms with Crippen LogP contribution in [0.1, 0.15) is 101 Å². The van der Waals surface area contributed by atoms with Crippen LogP contribution >= 0.6 is 11.8 Å². The molecule has 1 fully saturated rings. The van der Waals surface area contributed by atoms with Crippen LogP contribution < -0.4 is 0 Å². The van der Waals surface area contributed by atoms with Crippen molar-refractivity contribution in [1.82, 2.24) is 0 Å². The zero-order chi connectivity index (χ0) is 47.5. The van der Waals surface area contributed by atoms with E-state index in [2.05, 4.69) is 145 Å². The molecular weight excluding hydrogens is 863 g/mol. The van der Waals surface area contributed by atoms with Crippen LogP contribution in [0.2, 0.25) is 72.5 Å². The summed E-state index contributed by atoms with van der Waals surface area (Å²) < 4.78 is 43.5. The monoisotopic (exact) mass is 946 g/mol. The first-order valence-electron chi connectivity index (χ1n) is 22.4. The third-order valence-electron chi connectivity index (χ3n) is 14.4. The second-order valence-electron chi connectivity index (χ2n) is 23.5. The third-order valence-corrected chi connectivity index (χ3v) is 33.6. The third kappa shape index (κ3) is 13.6. The molecule has 1 aliphatic rings. The van der Waals surface area contributed by atoms with E-state index in [1.165, 1.54) is 11.8 Å². The summed E-state index contributed by atoms with van der Waals surface area (Å²) in [6.07, 6.45) is -3.17. The molecule has 62 heavy (non-hydrogen) atoms. The molecule has 0 bridgehead atoms. The second kappa shape index (κ2) is 20.0. The Balaban J connectivity index is 2.50. The van der Waals surface area contributed by atoms with Gasteiger partial charge in [0.15, 0.2) is 33.3 Å². The molecule has 15 heteroatoms. The van der Waals surface area contributed by atoms with E-state index >= 15 is 4.79 Å². The minimum Gasteiger partial charge on any atom is -0.458 e. The van der Waals surface area contributed by atoms with Gasteiger partial charge in [-0.3, -0.25) is 0 Å². The summed E-state index contributed by atoms with van der Waals surface area (Å²) in [4.78, 5) is 17.9. The van der Waals surface area contributed by atoms with Gasteiger partial charge in [0, 0.05) is 16.2 Å². The van der Waals surface area contributed by atoms with E-state index in [1.807, 2.05) is 61.5 Å². The van der Waals surface area contributed by atoms with Crippen LogP contribution in [0.5, 0.6) is 0 Å². The van der Waals surface area contributed by atoms with Crippen molar-refractivity contribution < 1.29 is 32.0 Å². The standard InChI is InChI=1S/C47H83N3O7SSi4/c1-34-27-29-36(30-28-34)58-47(42(51)52-32-35-25-23-22-24-26-35)31-37(55-60(16,17)44(5,6)7)39(49-50-48)41(54-47)40(57-62(20,21)46(11,12)13)38(56-61(18,19)45(8,9)10)33-53-59(14,15)43(2,3)4/h22-30,37-41H,31-33H2,1-21H3/t37-,38+,39+,40+,41+,47-/m0/s1. The van der Waals surface area contributed by atoms with Crippen molar-refractivity contribution in [3.05, 3.63) is 76.2 Å². The van der Waals surface area contributed by atoms with Gasteiger partial charge in [0.1, 0.15) is 6.61 Å². The number of benzene rings is 2. The number of carbonyl (C=O) groups excluding carboxylic acids is 1. The number of hydrogen-bond donors (Lipinski definition) is 0. The summed E-state index contributed by atoms with van der Waals surface area (Å²) in [7, 11) is -10.2. The van der Waals surface area contributed by atoms with Gasteiger partial charge in [-0.2, -0.15) is 0 Å². The summed E-state index contributed by atoms with van der Waals surface area (Å²) >= 11 is 1.32. The minimum atomic E-state index is -2.69. The Morgan fingerprint density at radius 2 is 1.27 bits per heavy atom. The zero-order valence-corrected chi connectivity index (χ0v) is 47.1. The lowest BCUT2D eigenvalue weighted by Crippen LogP contribution is -2.67. The van der Waals surface area contributed by atoms with Crippen molar-refractivity contribution in [2.24, 2.45) is 5.11 Å². The summed E-state index contributed by atoms with van der Waals surface area (Å²) in [5, 5.41) is 3.91. The van der Waals surface area contributed by atoms with Crippen LogP contribution in [-0.4, -0.2) is 81.2 Å². The van der Waals surface area contributed by atoms with E-state index in [0.29, 0.717) is 0 Å². The average molecular weight is 947 g/mol. The second-order valence-corrected chi connectivity index (χ2v) is 43.9. The van der Waals surface area contributed by atoms with E-state index in [-0.39, 0.29) is 39.8 Å². The Morgan fingerprint density at radius 1 is 0.774 bits per heavy atom. The number of hydrogen-bond acceptors (Lipinski definition) is 9. The van der Waals surface area contributed by atoms with Gasteiger partial charge < -0.3 is 27.2 Å². The predicted molar refractivity (Wildman–Crippen MR) is 268 cm³/mol. The van der Waals surface area contributed by atoms with Crippen molar-refractivity contribution >= 4 is 51.0 Å². The number of aryl methyl sites for hydroxylation is 1. The van der Waals surface area contributed by atoms with Crippen molar-refractivity contribution in [2.75, 3.05) is 6.61 Å². The number of thioether (sulfide) groups is 1. The lowest BCUT2D eigenvalue weighted by atomic mass is 9.90. The fraction of sp³-hybridized carbons (Fsp3) is 0.723. The first-order chi connectivity index (χ1) is 28.0. The van der Waals surface area contributed by atoms with E-state index in [9.17, 15) is 5.53 Å². The summed E-state index contributed by atoms with van der Waals surface area (Å²) in [5.41, 5.74) is 12.4. The predicted octanol–water partition coefficient (Wildman–Crippen LogP) is 14.2. The maximum Gasteiger partial charge on any atom is 0.349 e. The highest BCUT2D eigenvalue weighted by Crippen LogP contribution is 2.51. The highest BCUT2D eigenvalue weighted by atomic mass is 32.2. The van der Waals surface area contributed by atoms with Crippen molar-refractivity contribution in [3.8, 4) is 0 Å². The van der Waals surface area contributed by atoms with E-state index in [4.69, 9.17) is 27.2 Å². The van der Waals surface area contributed by atoms with Crippen LogP contribution in [0, 0.1) is 6.92 Å². The molecule has 0 aliphatic carbocycles. The maximum atomic E-state index is 15.3. The minimum absolute atomic E-state index is 0.0544. The molecule has 3 rings (SSSR count). The average Bonchev–Trinajstić information content (AvgIpc) is 3.11. The molecule has 0 saturated carbocycles. The first-order valence-corrected chi connectivity index (χ1v) is 34.8. The number of esters is 1. The number of ether oxygens (including phenoxy) is 2. The van der Waals surface area contributed by atoms with Crippen LogP contribution in [-0.2, 0) is 38.6 Å². The number of rotatable bonds is 17. The molecule has 0 spiro atoms. The van der Waals surface area contributed by atoms with E-state index < -0.39 is 74.6 Å². The van der Waals surface area contributed by atoms with Crippen LogP contribution in [0.4, 0.5) is 0 Å². The molecule has 6 atom stereocenters. The van der Waals surface area contributed by atoms with Gasteiger partial charge in [0.2, 0.25) is 4.93 Å². The van der Waals surface area contributed by atoms with Gasteiger partial charge in [0.05, 0.1) is 37.1 Å². The van der Waals surface area contributed by atoms with Crippen molar-refractivity contribution in [1.29, 1.82) is 0 Å². The molecule has 1 aliphatic heterocycles. The van der Waals surface area contributed by atoms with Crippen LogP contribution in [0.25, 0.3) is 10.4 Å². The molecule has 350 valence electrons. The van der Waals surface area contributed by atoms with Crippen molar-refractivity contribution in [3.63, 3.8) is 0 Å². The maximum absolute atomic E-state index is 15.3. The molecule has 0 unspecified atom stereocenters. The van der Waals surface area contributed by atoms with Gasteiger partial charge in [-0.15, -0.1) is 0 Å². The lowest BCUT2D eigenvalue weighted by Gasteiger charge is -2.53. The summed E-state index contributed by atoms with van der Waals surface area (Å²) in [6.45, 7) is 46.7. The van der Waals surface area contributed by atoms with Gasteiger partial charge in [-0.25, -0.2) is 4.79 Å². The molecule has 1 heterocycles. The fourth-order valence-electron chi connectivity index (χ4n) is 6.06. The summed E-state index contributed by atoms with van der Waals surface area (Å²) in [5.74, 6) is -0.536. The zero-order valence-electron chi connectivity index (χ0n) is 42.3. The quantitative estimate of drug-likeness (QED) is 0.0505. The van der Waals surface area contributed by atoms with Gasteiger partial charge >= 0.3 is 5.97 Å². The highest BCUT2D eigenvalue weighted by Gasteiger charge is 2.60. The smallest absolute Gasteiger partial charge is 0.349 e. The molecule has 1 saturated heterocycles. The molecule has 0 aromatic heterocycles. The largest absolute Gasteiger partial charge is 0.458 e. The number of nitrogens with zero attached hydrogens (tertiary/aromatic N) is 3. The summed E-state index contributed by atoms with van der Waals surface area (Å²) in [6, 6.07) is 16.9. The molecule has 2 aromatic rings. The van der Waals surface area contributed by atoms with Gasteiger partial charge in [-0.1, -0.05) is 148 Å². The molecule has 0 amide bonds. The van der Waals surface area contributed by atoms with Gasteiger partial charge in [-0.05, 0) is 103 Å². The Bertz CT molecular complexity index is 1830. The van der Waals surface area contributed by atoms with E-state index in [0.717, 1.165) is 16.0 Å². The Kier molecular flexibility index (Phi) is 17.6. The molecule has 10 nitrogen and oxygen atoms in total. The molecule has 0 N–H and O–H groups in total. The Hall–Kier alpha value is -1.76. The highest BCUT2D eigenvalue weighted by molar-refractivity contribution is 8.01. The molecule has 2 aromatic carbocycles. The topological polar surface area (TPSA) is 121 Å². The van der Waals surface area contributed by atoms with Crippen LogP contribution in [0.15, 0.2) is 64.6 Å². The number of carbonyl (C=O) groups is 1. The Labute approximate surface area is 384 Å². The SMILES string of the molecule is Cc1ccc(S[C@]2(C(=O)OCc3ccccc3)C[C@H](O[Si](C)(C)C(C)(C)C)[C@@H](N=[N+]=[N-])[C@H]([C@H](O[Si](C)(C)C(C)(C)C)[C@@H](CO[Si](C)(C)C(C)(C)C)O[Si](C)(C)C(C)(C)C)O2)cc1. The normalized spacial score (nSPS) is 22.1. The lowest BCUT2D eigenvalue weighted by molar-refractivity contribution is -0.201. The number of azide groups is 1. The Morgan fingerprint density at radius 3 is 1.76 bits per heavy atom. The van der Waals surface area contributed by atoms with Gasteiger partial charge in [0.25, 0.3) is 0 Å². The van der Waals surface area contributed by atoms with Crippen molar-refractivity contribution in [2.45, 2.75) is 216 Å². The molecule has 0 radical (unpaired) electrons. The van der Waals surface area contributed by atoms with Crippen LogP contribution in [0.3, 0.4) is 0 Å². The molecular formula is C47H83N3O7SSi4.